The Morgan fingerprint density at radius 2 is 1.82 bits per heavy atom. The minimum absolute atomic E-state index is 0.201. The van der Waals surface area contributed by atoms with Crippen molar-refractivity contribution in [1.29, 1.82) is 0 Å². The Morgan fingerprint density at radius 3 is 2.45 bits per heavy atom. The smallest absolute Gasteiger partial charge is 0.261 e. The number of benzene rings is 2. The van der Waals surface area contributed by atoms with Crippen LogP contribution in [0.4, 0.5) is 0 Å². The molecule has 0 bridgehead atoms. The van der Waals surface area contributed by atoms with E-state index in [1.54, 1.807) is 12.1 Å². The second-order valence-corrected chi connectivity index (χ2v) is 9.85. The molecule has 180 valence electrons. The van der Waals surface area contributed by atoms with Crippen molar-refractivity contribution in [1.82, 2.24) is 9.62 Å². The van der Waals surface area contributed by atoms with Crippen molar-refractivity contribution in [2.45, 2.75) is 38.2 Å². The summed E-state index contributed by atoms with van der Waals surface area (Å²) in [7, 11) is -3.53. The van der Waals surface area contributed by atoms with Crippen molar-refractivity contribution in [3.63, 3.8) is 0 Å². The molecule has 0 radical (unpaired) electrons. The van der Waals surface area contributed by atoms with Crippen LogP contribution in [0.25, 0.3) is 0 Å². The molecule has 0 unspecified atom stereocenters. The Morgan fingerprint density at radius 1 is 1.12 bits per heavy atom. The zero-order valence-corrected chi connectivity index (χ0v) is 20.2. The molecule has 2 aromatic carbocycles. The number of rotatable bonds is 10. The van der Waals surface area contributed by atoms with Crippen LogP contribution in [0, 0.1) is 13.8 Å². The highest BCUT2D eigenvalue weighted by atomic mass is 32.2. The van der Waals surface area contributed by atoms with E-state index < -0.39 is 16.1 Å². The van der Waals surface area contributed by atoms with E-state index >= 15 is 0 Å². The number of ether oxygens (including phenoxy) is 3. The SMILES string of the molecule is CC[C@H](Oc1ccc(C)cc1C)C(=O)NCCOc1ccc(S(=O)(=O)N2CCOCC2)cc1. The zero-order chi connectivity index (χ0) is 23.8. The third-order valence-corrected chi connectivity index (χ3v) is 7.28. The molecule has 1 aliphatic rings. The number of nitrogens with one attached hydrogen (secondary N) is 1. The minimum atomic E-state index is -3.53. The number of sulfonamides is 1. The van der Waals surface area contributed by atoms with Crippen molar-refractivity contribution < 1.29 is 27.4 Å². The molecule has 0 spiro atoms. The molecule has 3 rings (SSSR count). The summed E-state index contributed by atoms with van der Waals surface area (Å²) in [6.45, 7) is 7.94. The van der Waals surface area contributed by atoms with Crippen LogP contribution in [0.5, 0.6) is 11.5 Å². The summed E-state index contributed by atoms with van der Waals surface area (Å²) in [5, 5.41) is 2.83. The first kappa shape index (κ1) is 25.0. The lowest BCUT2D eigenvalue weighted by molar-refractivity contribution is -0.128. The van der Waals surface area contributed by atoms with E-state index in [0.717, 1.165) is 11.1 Å². The maximum atomic E-state index is 12.7. The summed E-state index contributed by atoms with van der Waals surface area (Å²) in [4.78, 5) is 12.7. The molecule has 1 heterocycles. The summed E-state index contributed by atoms with van der Waals surface area (Å²) in [5.74, 6) is 1.03. The first-order chi connectivity index (χ1) is 15.8. The molecule has 0 aliphatic carbocycles. The lowest BCUT2D eigenvalue weighted by Gasteiger charge is -2.26. The summed E-state index contributed by atoms with van der Waals surface area (Å²) >= 11 is 0. The van der Waals surface area contributed by atoms with Crippen molar-refractivity contribution in [3.05, 3.63) is 53.6 Å². The number of hydrogen-bond donors (Lipinski definition) is 1. The third kappa shape index (κ3) is 6.69. The van der Waals surface area contributed by atoms with Crippen LogP contribution >= 0.6 is 0 Å². The lowest BCUT2D eigenvalue weighted by Crippen LogP contribution is -2.40. The lowest BCUT2D eigenvalue weighted by atomic mass is 10.1. The standard InChI is InChI=1S/C24H32N2O6S/c1-4-22(32-23-10-5-18(2)17-19(23)3)24(27)25-11-14-31-20-6-8-21(9-7-20)33(28,29)26-12-15-30-16-13-26/h5-10,17,22H,4,11-16H2,1-3H3,(H,25,27)/t22-/m0/s1. The van der Waals surface area contributed by atoms with Gasteiger partial charge in [0.2, 0.25) is 10.0 Å². The van der Waals surface area contributed by atoms with Gasteiger partial charge in [-0.2, -0.15) is 4.31 Å². The molecule has 1 saturated heterocycles. The van der Waals surface area contributed by atoms with Crippen LogP contribution in [0.2, 0.25) is 0 Å². The van der Waals surface area contributed by atoms with Crippen LogP contribution in [0.1, 0.15) is 24.5 Å². The van der Waals surface area contributed by atoms with E-state index in [1.807, 2.05) is 39.0 Å². The summed E-state index contributed by atoms with van der Waals surface area (Å²) in [6.07, 6.45) is -0.0462. The van der Waals surface area contributed by atoms with Gasteiger partial charge in [0.15, 0.2) is 6.10 Å². The Labute approximate surface area is 195 Å². The molecule has 2 aromatic rings. The molecule has 1 N–H and O–H groups in total. The summed E-state index contributed by atoms with van der Waals surface area (Å²) in [5.41, 5.74) is 2.13. The van der Waals surface area contributed by atoms with Gasteiger partial charge in [0.05, 0.1) is 24.7 Å². The van der Waals surface area contributed by atoms with E-state index in [-0.39, 0.29) is 17.4 Å². The number of aryl methyl sites for hydroxylation is 2. The molecule has 0 aromatic heterocycles. The van der Waals surface area contributed by atoms with Gasteiger partial charge in [-0.1, -0.05) is 24.6 Å². The quantitative estimate of drug-likeness (QED) is 0.530. The van der Waals surface area contributed by atoms with Crippen molar-refractivity contribution in [3.8, 4) is 11.5 Å². The maximum absolute atomic E-state index is 12.7. The number of nitrogens with zero attached hydrogens (tertiary/aromatic N) is 1. The van der Waals surface area contributed by atoms with Gasteiger partial charge in [0, 0.05) is 13.1 Å². The Bertz CT molecular complexity index is 1030. The van der Waals surface area contributed by atoms with Gasteiger partial charge in [-0.15, -0.1) is 0 Å². The monoisotopic (exact) mass is 476 g/mol. The molecule has 1 amide bonds. The van der Waals surface area contributed by atoms with E-state index in [9.17, 15) is 13.2 Å². The van der Waals surface area contributed by atoms with Crippen molar-refractivity contribution in [2.75, 3.05) is 39.5 Å². The average Bonchev–Trinajstić information content (AvgIpc) is 2.82. The van der Waals surface area contributed by atoms with Crippen LogP contribution in [0.15, 0.2) is 47.4 Å². The van der Waals surface area contributed by atoms with Crippen LogP contribution in [0.3, 0.4) is 0 Å². The van der Waals surface area contributed by atoms with Crippen molar-refractivity contribution in [2.24, 2.45) is 0 Å². The molecule has 0 saturated carbocycles. The molecule has 9 heteroatoms. The molecular weight excluding hydrogens is 444 g/mol. The molecule has 1 aliphatic heterocycles. The molecule has 8 nitrogen and oxygen atoms in total. The minimum Gasteiger partial charge on any atom is -0.492 e. The van der Waals surface area contributed by atoms with Crippen LogP contribution in [-0.2, 0) is 19.6 Å². The third-order valence-electron chi connectivity index (χ3n) is 5.36. The van der Waals surface area contributed by atoms with E-state index in [4.69, 9.17) is 14.2 Å². The fourth-order valence-corrected chi connectivity index (χ4v) is 4.92. The second kappa shape index (κ2) is 11.5. The summed E-state index contributed by atoms with van der Waals surface area (Å²) < 4.78 is 43.5. The van der Waals surface area contributed by atoms with Gasteiger partial charge < -0.3 is 19.5 Å². The number of amides is 1. The Balaban J connectivity index is 1.46. The Hall–Kier alpha value is -2.62. The first-order valence-corrected chi connectivity index (χ1v) is 12.6. The Kier molecular flexibility index (Phi) is 8.71. The highest BCUT2D eigenvalue weighted by Crippen LogP contribution is 2.22. The van der Waals surface area contributed by atoms with E-state index in [0.29, 0.717) is 50.8 Å². The molecule has 1 atom stereocenters. The van der Waals surface area contributed by atoms with Gasteiger partial charge in [-0.05, 0) is 56.2 Å². The predicted molar refractivity (Wildman–Crippen MR) is 125 cm³/mol. The van der Waals surface area contributed by atoms with E-state index in [1.165, 1.54) is 16.4 Å². The largest absolute Gasteiger partial charge is 0.492 e. The fourth-order valence-electron chi connectivity index (χ4n) is 3.51. The van der Waals surface area contributed by atoms with Gasteiger partial charge in [0.25, 0.3) is 5.91 Å². The highest BCUT2D eigenvalue weighted by Gasteiger charge is 2.26. The first-order valence-electron chi connectivity index (χ1n) is 11.1. The van der Waals surface area contributed by atoms with Crippen LogP contribution in [-0.4, -0.2) is 64.2 Å². The topological polar surface area (TPSA) is 94.2 Å². The molecular formula is C24H32N2O6S. The zero-order valence-electron chi connectivity index (χ0n) is 19.4. The predicted octanol–water partition coefficient (Wildman–Crippen LogP) is 2.68. The van der Waals surface area contributed by atoms with Gasteiger partial charge in [0.1, 0.15) is 18.1 Å². The number of carbonyl (C=O) groups excluding carboxylic acids is 1. The molecule has 33 heavy (non-hydrogen) atoms. The normalized spacial score (nSPS) is 15.6. The van der Waals surface area contributed by atoms with E-state index in [2.05, 4.69) is 5.32 Å². The van der Waals surface area contributed by atoms with Crippen molar-refractivity contribution >= 4 is 15.9 Å². The average molecular weight is 477 g/mol. The highest BCUT2D eigenvalue weighted by molar-refractivity contribution is 7.89. The maximum Gasteiger partial charge on any atom is 0.261 e. The van der Waals surface area contributed by atoms with Gasteiger partial charge in [-0.25, -0.2) is 8.42 Å². The number of carbonyl (C=O) groups is 1. The fraction of sp³-hybridized carbons (Fsp3) is 0.458. The van der Waals surface area contributed by atoms with Gasteiger partial charge >= 0.3 is 0 Å². The number of hydrogen-bond acceptors (Lipinski definition) is 6. The molecule has 1 fully saturated rings. The van der Waals surface area contributed by atoms with Gasteiger partial charge in [-0.3, -0.25) is 4.79 Å². The summed E-state index contributed by atoms with van der Waals surface area (Å²) in [6, 6.07) is 12.2. The van der Waals surface area contributed by atoms with Crippen LogP contribution < -0.4 is 14.8 Å². The number of morpholine rings is 1. The second-order valence-electron chi connectivity index (χ2n) is 7.91.